The van der Waals surface area contributed by atoms with Gasteiger partial charge in [-0.2, -0.15) is 0 Å². The number of benzene rings is 1. The highest BCUT2D eigenvalue weighted by molar-refractivity contribution is 5.29. The van der Waals surface area contributed by atoms with Crippen molar-refractivity contribution in [3.8, 4) is 0 Å². The number of hydrogen-bond donors (Lipinski definition) is 1. The Morgan fingerprint density at radius 3 is 2.08 bits per heavy atom. The maximum absolute atomic E-state index is 13.2. The zero-order valence-corrected chi connectivity index (χ0v) is 7.19. The fourth-order valence-electron chi connectivity index (χ4n) is 1.78. The Balaban J connectivity index is 2.49. The minimum Gasteiger partial charge on any atom is -0.321 e. The van der Waals surface area contributed by atoms with Crippen LogP contribution in [0, 0.1) is 11.6 Å². The first kappa shape index (κ1) is 8.63. The van der Waals surface area contributed by atoms with Crippen molar-refractivity contribution >= 4 is 0 Å². The van der Waals surface area contributed by atoms with Crippen LogP contribution < -0.4 is 5.73 Å². The maximum atomic E-state index is 13.2. The van der Waals surface area contributed by atoms with Gasteiger partial charge in [0.2, 0.25) is 0 Å². The Kier molecular flexibility index (Phi) is 1.84. The van der Waals surface area contributed by atoms with Crippen LogP contribution in [0.2, 0.25) is 0 Å². The van der Waals surface area contributed by atoms with Crippen LogP contribution in [0.4, 0.5) is 8.78 Å². The molecule has 1 nitrogen and oxygen atoms in total. The average molecular weight is 183 g/mol. The molecule has 0 atom stereocenters. The second-order valence-corrected chi connectivity index (χ2v) is 3.61. The lowest BCUT2D eigenvalue weighted by molar-refractivity contribution is 0.236. The Morgan fingerprint density at radius 2 is 1.69 bits per heavy atom. The molecule has 0 bridgehead atoms. The van der Waals surface area contributed by atoms with E-state index in [9.17, 15) is 8.78 Å². The standard InChI is InChI=1S/C10H11F2N/c11-7-3-1-4-8(12)9(7)10(13)5-2-6-10/h1,3-4H,2,5-6,13H2. The predicted octanol–water partition coefficient (Wildman–Crippen LogP) is 2.30. The van der Waals surface area contributed by atoms with Gasteiger partial charge >= 0.3 is 0 Å². The Bertz CT molecular complexity index is 311. The van der Waals surface area contributed by atoms with Gasteiger partial charge in [0.1, 0.15) is 11.6 Å². The average Bonchev–Trinajstić information content (AvgIpc) is 2.01. The van der Waals surface area contributed by atoms with Gasteiger partial charge in [0.05, 0.1) is 0 Å². The van der Waals surface area contributed by atoms with Gasteiger partial charge in [0, 0.05) is 11.1 Å². The van der Waals surface area contributed by atoms with E-state index in [1.807, 2.05) is 0 Å². The first-order chi connectivity index (χ1) is 6.13. The summed E-state index contributed by atoms with van der Waals surface area (Å²) >= 11 is 0. The minimum atomic E-state index is -0.755. The molecule has 1 aliphatic carbocycles. The summed E-state index contributed by atoms with van der Waals surface area (Å²) in [7, 11) is 0. The first-order valence-corrected chi connectivity index (χ1v) is 4.37. The van der Waals surface area contributed by atoms with E-state index < -0.39 is 17.2 Å². The van der Waals surface area contributed by atoms with E-state index in [2.05, 4.69) is 0 Å². The van der Waals surface area contributed by atoms with Crippen LogP contribution in [0.25, 0.3) is 0 Å². The number of rotatable bonds is 1. The molecule has 0 radical (unpaired) electrons. The molecule has 1 aliphatic rings. The molecule has 0 aliphatic heterocycles. The molecule has 0 aromatic heterocycles. The second kappa shape index (κ2) is 2.77. The van der Waals surface area contributed by atoms with Crippen LogP contribution in [0.1, 0.15) is 24.8 Å². The molecule has 1 aromatic rings. The highest BCUT2D eigenvalue weighted by Gasteiger charge is 2.38. The van der Waals surface area contributed by atoms with Crippen molar-refractivity contribution in [3.63, 3.8) is 0 Å². The molecule has 3 heteroatoms. The molecular weight excluding hydrogens is 172 g/mol. The molecule has 0 unspecified atom stereocenters. The van der Waals surface area contributed by atoms with E-state index in [1.54, 1.807) is 0 Å². The summed E-state index contributed by atoms with van der Waals surface area (Å²) in [5, 5.41) is 0. The monoisotopic (exact) mass is 183 g/mol. The van der Waals surface area contributed by atoms with Gasteiger partial charge in [0.25, 0.3) is 0 Å². The zero-order chi connectivity index (χ0) is 9.47. The number of nitrogens with two attached hydrogens (primary N) is 1. The van der Waals surface area contributed by atoms with Gasteiger partial charge in [-0.25, -0.2) is 8.78 Å². The Morgan fingerprint density at radius 1 is 1.15 bits per heavy atom. The van der Waals surface area contributed by atoms with Gasteiger partial charge in [-0.1, -0.05) is 6.07 Å². The second-order valence-electron chi connectivity index (χ2n) is 3.61. The normalized spacial score (nSPS) is 19.6. The molecule has 2 rings (SSSR count). The number of hydrogen-bond acceptors (Lipinski definition) is 1. The molecule has 1 aromatic carbocycles. The van der Waals surface area contributed by atoms with Gasteiger partial charge in [-0.15, -0.1) is 0 Å². The molecular formula is C10H11F2N. The third-order valence-electron chi connectivity index (χ3n) is 2.71. The van der Waals surface area contributed by atoms with Crippen LogP contribution in [-0.2, 0) is 5.54 Å². The van der Waals surface area contributed by atoms with E-state index >= 15 is 0 Å². The van der Waals surface area contributed by atoms with Gasteiger partial charge in [-0.05, 0) is 31.4 Å². The van der Waals surface area contributed by atoms with E-state index in [4.69, 9.17) is 5.73 Å². The largest absolute Gasteiger partial charge is 0.321 e. The predicted molar refractivity (Wildman–Crippen MR) is 46.1 cm³/mol. The lowest BCUT2D eigenvalue weighted by Crippen LogP contribution is -2.44. The summed E-state index contributed by atoms with van der Waals surface area (Å²) in [6.45, 7) is 0. The van der Waals surface area contributed by atoms with Crippen LogP contribution in [0.15, 0.2) is 18.2 Å². The molecule has 0 amide bonds. The van der Waals surface area contributed by atoms with Gasteiger partial charge in [-0.3, -0.25) is 0 Å². The van der Waals surface area contributed by atoms with Crippen LogP contribution in [-0.4, -0.2) is 0 Å². The van der Waals surface area contributed by atoms with E-state index in [-0.39, 0.29) is 5.56 Å². The number of halogens is 2. The van der Waals surface area contributed by atoms with E-state index in [1.165, 1.54) is 18.2 Å². The molecule has 1 fully saturated rings. The molecule has 2 N–H and O–H groups in total. The van der Waals surface area contributed by atoms with E-state index in [0.29, 0.717) is 12.8 Å². The quantitative estimate of drug-likeness (QED) is 0.710. The Labute approximate surface area is 75.6 Å². The van der Waals surface area contributed by atoms with Crippen LogP contribution in [0.3, 0.4) is 0 Å². The Hall–Kier alpha value is -0.960. The lowest BCUT2D eigenvalue weighted by Gasteiger charge is -2.38. The minimum absolute atomic E-state index is 0.0567. The van der Waals surface area contributed by atoms with Crippen molar-refractivity contribution in [2.45, 2.75) is 24.8 Å². The van der Waals surface area contributed by atoms with Gasteiger partial charge < -0.3 is 5.73 Å². The SMILES string of the molecule is NC1(c2c(F)cccc2F)CCC1. The third kappa shape index (κ3) is 1.23. The smallest absolute Gasteiger partial charge is 0.131 e. The summed E-state index contributed by atoms with van der Waals surface area (Å²) in [6.07, 6.45) is 2.29. The summed E-state index contributed by atoms with van der Waals surface area (Å²) < 4.78 is 26.5. The van der Waals surface area contributed by atoms with Crippen molar-refractivity contribution in [1.29, 1.82) is 0 Å². The first-order valence-electron chi connectivity index (χ1n) is 4.37. The van der Waals surface area contributed by atoms with Crippen LogP contribution in [0.5, 0.6) is 0 Å². The molecule has 70 valence electrons. The highest BCUT2D eigenvalue weighted by atomic mass is 19.1. The fourth-order valence-corrected chi connectivity index (χ4v) is 1.78. The van der Waals surface area contributed by atoms with E-state index in [0.717, 1.165) is 6.42 Å². The fraction of sp³-hybridized carbons (Fsp3) is 0.400. The third-order valence-corrected chi connectivity index (χ3v) is 2.71. The van der Waals surface area contributed by atoms with Crippen molar-refractivity contribution in [2.24, 2.45) is 5.73 Å². The molecule has 0 heterocycles. The van der Waals surface area contributed by atoms with Crippen LogP contribution >= 0.6 is 0 Å². The molecule has 1 saturated carbocycles. The summed E-state index contributed by atoms with van der Waals surface area (Å²) in [5.74, 6) is -1.05. The van der Waals surface area contributed by atoms with Crippen molar-refractivity contribution in [2.75, 3.05) is 0 Å². The lowest BCUT2D eigenvalue weighted by atomic mass is 9.72. The molecule has 13 heavy (non-hydrogen) atoms. The molecule has 0 spiro atoms. The van der Waals surface area contributed by atoms with Crippen molar-refractivity contribution < 1.29 is 8.78 Å². The van der Waals surface area contributed by atoms with Crippen molar-refractivity contribution in [3.05, 3.63) is 35.4 Å². The van der Waals surface area contributed by atoms with Gasteiger partial charge in [0.15, 0.2) is 0 Å². The summed E-state index contributed by atoms with van der Waals surface area (Å²) in [6, 6.07) is 3.87. The van der Waals surface area contributed by atoms with Crippen molar-refractivity contribution in [1.82, 2.24) is 0 Å². The summed E-state index contributed by atoms with van der Waals surface area (Å²) in [4.78, 5) is 0. The topological polar surface area (TPSA) is 26.0 Å². The summed E-state index contributed by atoms with van der Waals surface area (Å²) in [5.41, 5.74) is 5.15. The molecule has 0 saturated heterocycles. The zero-order valence-electron chi connectivity index (χ0n) is 7.19. The highest BCUT2D eigenvalue weighted by Crippen LogP contribution is 2.40. The maximum Gasteiger partial charge on any atom is 0.131 e.